The molecule has 0 bridgehead atoms. The molecule has 0 saturated carbocycles. The third kappa shape index (κ3) is 2.10. The predicted molar refractivity (Wildman–Crippen MR) is 53.7 cm³/mol. The molecule has 1 rings (SSSR count). The monoisotopic (exact) mass is 199 g/mol. The van der Waals surface area contributed by atoms with E-state index in [9.17, 15) is 4.79 Å². The van der Waals surface area contributed by atoms with Gasteiger partial charge in [-0.05, 0) is 19.4 Å². The first kappa shape index (κ1) is 11.1. The van der Waals surface area contributed by atoms with Crippen LogP contribution in [0.25, 0.3) is 0 Å². The zero-order valence-corrected chi connectivity index (χ0v) is 8.44. The predicted octanol–water partition coefficient (Wildman–Crippen LogP) is -0.448. The largest absolute Gasteiger partial charge is 0.394 e. The normalized spacial score (nSPS) is 21.6. The van der Waals surface area contributed by atoms with Gasteiger partial charge in [0.25, 0.3) is 5.91 Å². The zero-order chi connectivity index (χ0) is 10.6. The van der Waals surface area contributed by atoms with Crippen LogP contribution in [0.5, 0.6) is 0 Å². The van der Waals surface area contributed by atoms with E-state index in [4.69, 9.17) is 10.8 Å². The number of carbonyl (C=O) groups excluding carboxylic acids is 1. The lowest BCUT2D eigenvalue weighted by atomic mass is 9.98. The summed E-state index contributed by atoms with van der Waals surface area (Å²) in [6.45, 7) is 2.69. The summed E-state index contributed by atoms with van der Waals surface area (Å²) in [5.41, 5.74) is 6.32. The second-order valence-corrected chi connectivity index (χ2v) is 3.26. The van der Waals surface area contributed by atoms with Gasteiger partial charge in [0.1, 0.15) is 0 Å². The Hall–Kier alpha value is -0.940. The van der Waals surface area contributed by atoms with Gasteiger partial charge in [-0.1, -0.05) is 6.92 Å². The van der Waals surface area contributed by atoms with Crippen molar-refractivity contribution in [2.75, 3.05) is 19.7 Å². The Morgan fingerprint density at radius 2 is 2.36 bits per heavy atom. The van der Waals surface area contributed by atoms with Crippen LogP contribution in [0.1, 0.15) is 19.8 Å². The lowest BCUT2D eigenvalue weighted by Gasteiger charge is -2.12. The average Bonchev–Trinajstić information content (AvgIpc) is 2.47. The van der Waals surface area contributed by atoms with E-state index in [0.29, 0.717) is 13.0 Å². The fourth-order valence-electron chi connectivity index (χ4n) is 1.63. The molecule has 1 unspecified atom stereocenters. The molecule has 5 heteroatoms. The van der Waals surface area contributed by atoms with Gasteiger partial charge in [0.2, 0.25) is 0 Å². The molecule has 1 heterocycles. The summed E-state index contributed by atoms with van der Waals surface area (Å²) in [4.78, 5) is 11.7. The van der Waals surface area contributed by atoms with Crippen LogP contribution in [-0.2, 0) is 4.79 Å². The third-order valence-electron chi connectivity index (χ3n) is 2.33. The van der Waals surface area contributed by atoms with Gasteiger partial charge in [0.15, 0.2) is 0 Å². The van der Waals surface area contributed by atoms with Crippen LogP contribution in [0.15, 0.2) is 5.10 Å². The van der Waals surface area contributed by atoms with Crippen molar-refractivity contribution in [3.05, 3.63) is 0 Å². The third-order valence-corrected chi connectivity index (χ3v) is 2.33. The highest BCUT2D eigenvalue weighted by molar-refractivity contribution is 6.07. The summed E-state index contributed by atoms with van der Waals surface area (Å²) < 4.78 is 0. The molecule has 0 fully saturated rings. The first-order valence-corrected chi connectivity index (χ1v) is 4.94. The van der Waals surface area contributed by atoms with Gasteiger partial charge < -0.3 is 10.8 Å². The number of carbonyl (C=O) groups is 1. The lowest BCUT2D eigenvalue weighted by molar-refractivity contribution is -0.132. The molecule has 1 amide bonds. The minimum atomic E-state index is -0.156. The molecular weight excluding hydrogens is 182 g/mol. The van der Waals surface area contributed by atoms with E-state index in [1.165, 1.54) is 5.01 Å². The number of nitrogens with two attached hydrogens (primary N) is 1. The van der Waals surface area contributed by atoms with Gasteiger partial charge >= 0.3 is 0 Å². The molecule has 0 saturated heterocycles. The molecule has 0 radical (unpaired) electrons. The number of amides is 1. The molecule has 80 valence electrons. The van der Waals surface area contributed by atoms with Crippen LogP contribution in [0.3, 0.4) is 0 Å². The zero-order valence-electron chi connectivity index (χ0n) is 8.44. The topological polar surface area (TPSA) is 78.9 Å². The quantitative estimate of drug-likeness (QED) is 0.629. The summed E-state index contributed by atoms with van der Waals surface area (Å²) in [5.74, 6) is -0.182. The van der Waals surface area contributed by atoms with Crippen LogP contribution in [0.2, 0.25) is 0 Å². The number of hydrogen-bond donors (Lipinski definition) is 2. The van der Waals surface area contributed by atoms with Crippen molar-refractivity contribution >= 4 is 11.6 Å². The fourth-order valence-corrected chi connectivity index (χ4v) is 1.63. The van der Waals surface area contributed by atoms with Crippen molar-refractivity contribution in [3.8, 4) is 0 Å². The molecular formula is C9H17N3O2. The highest BCUT2D eigenvalue weighted by atomic mass is 16.3. The summed E-state index contributed by atoms with van der Waals surface area (Å²) in [6.07, 6.45) is 1.41. The van der Waals surface area contributed by atoms with Gasteiger partial charge in [-0.2, -0.15) is 5.10 Å². The molecule has 0 aromatic heterocycles. The maximum atomic E-state index is 11.7. The van der Waals surface area contributed by atoms with Crippen molar-refractivity contribution in [1.82, 2.24) is 5.01 Å². The molecule has 1 aliphatic rings. The average molecular weight is 199 g/mol. The SMILES string of the molecule is CCC1=NN(CCO)C(=O)C1CCN. The lowest BCUT2D eigenvalue weighted by Crippen LogP contribution is -2.30. The first-order chi connectivity index (χ1) is 6.74. The van der Waals surface area contributed by atoms with Crippen LogP contribution >= 0.6 is 0 Å². The fraction of sp³-hybridized carbons (Fsp3) is 0.778. The maximum absolute atomic E-state index is 11.7. The van der Waals surface area contributed by atoms with Crippen molar-refractivity contribution in [2.45, 2.75) is 19.8 Å². The Morgan fingerprint density at radius 1 is 1.64 bits per heavy atom. The molecule has 0 aromatic rings. The number of rotatable bonds is 5. The Kier molecular flexibility index (Phi) is 4.03. The van der Waals surface area contributed by atoms with E-state index in [-0.39, 0.29) is 25.0 Å². The minimum Gasteiger partial charge on any atom is -0.394 e. The second-order valence-electron chi connectivity index (χ2n) is 3.26. The highest BCUT2D eigenvalue weighted by Gasteiger charge is 2.33. The van der Waals surface area contributed by atoms with Crippen LogP contribution in [0.4, 0.5) is 0 Å². The van der Waals surface area contributed by atoms with E-state index >= 15 is 0 Å². The van der Waals surface area contributed by atoms with Crippen molar-refractivity contribution < 1.29 is 9.90 Å². The van der Waals surface area contributed by atoms with E-state index < -0.39 is 0 Å². The molecule has 14 heavy (non-hydrogen) atoms. The number of aliphatic hydroxyl groups is 1. The molecule has 0 spiro atoms. The van der Waals surface area contributed by atoms with E-state index in [1.807, 2.05) is 6.92 Å². The Balaban J connectivity index is 2.69. The minimum absolute atomic E-state index is 0.0265. The Bertz CT molecular complexity index is 240. The molecule has 0 aromatic carbocycles. The van der Waals surface area contributed by atoms with Crippen molar-refractivity contribution in [1.29, 1.82) is 0 Å². The molecule has 5 nitrogen and oxygen atoms in total. The van der Waals surface area contributed by atoms with E-state index in [0.717, 1.165) is 12.1 Å². The van der Waals surface area contributed by atoms with E-state index in [2.05, 4.69) is 5.10 Å². The Labute approximate surface area is 83.6 Å². The summed E-state index contributed by atoms with van der Waals surface area (Å²) in [6, 6.07) is 0. The maximum Gasteiger partial charge on any atom is 0.251 e. The number of nitrogens with zero attached hydrogens (tertiary/aromatic N) is 2. The van der Waals surface area contributed by atoms with Crippen molar-refractivity contribution in [2.24, 2.45) is 16.8 Å². The van der Waals surface area contributed by atoms with Crippen molar-refractivity contribution in [3.63, 3.8) is 0 Å². The summed E-state index contributed by atoms with van der Waals surface area (Å²) >= 11 is 0. The molecule has 1 atom stereocenters. The number of β-amino-alcohol motifs (C(OH)–C–C–N with tert-alkyl or cyclic N) is 1. The smallest absolute Gasteiger partial charge is 0.251 e. The van der Waals surface area contributed by atoms with Crippen LogP contribution in [-0.4, -0.2) is 41.4 Å². The van der Waals surface area contributed by atoms with Gasteiger partial charge in [-0.3, -0.25) is 4.79 Å². The summed E-state index contributed by atoms with van der Waals surface area (Å²) in [5, 5.41) is 14.2. The molecule has 3 N–H and O–H groups in total. The number of hydrogen-bond acceptors (Lipinski definition) is 4. The molecule has 1 aliphatic heterocycles. The van der Waals surface area contributed by atoms with Crippen LogP contribution in [0, 0.1) is 5.92 Å². The van der Waals surface area contributed by atoms with E-state index in [1.54, 1.807) is 0 Å². The second kappa shape index (κ2) is 5.07. The van der Waals surface area contributed by atoms with Gasteiger partial charge in [0, 0.05) is 0 Å². The Morgan fingerprint density at radius 3 is 2.86 bits per heavy atom. The first-order valence-electron chi connectivity index (χ1n) is 4.94. The summed E-state index contributed by atoms with van der Waals surface area (Å²) in [7, 11) is 0. The van der Waals surface area contributed by atoms with Gasteiger partial charge in [-0.25, -0.2) is 5.01 Å². The molecule has 0 aliphatic carbocycles. The van der Waals surface area contributed by atoms with Gasteiger partial charge in [0.05, 0.1) is 24.8 Å². The highest BCUT2D eigenvalue weighted by Crippen LogP contribution is 2.19. The number of hydrazone groups is 1. The van der Waals surface area contributed by atoms with Gasteiger partial charge in [-0.15, -0.1) is 0 Å². The standard InChI is InChI=1S/C9H17N3O2/c1-2-8-7(3-4-10)9(14)12(11-8)5-6-13/h7,13H,2-6,10H2,1H3. The number of aliphatic hydroxyl groups excluding tert-OH is 1. The van der Waals surface area contributed by atoms with Crippen LogP contribution < -0.4 is 5.73 Å².